The van der Waals surface area contributed by atoms with Crippen molar-refractivity contribution in [3.8, 4) is 11.5 Å². The summed E-state index contributed by atoms with van der Waals surface area (Å²) in [4.78, 5) is 71.0. The maximum Gasteiger partial charge on any atom is 0.265 e. The van der Waals surface area contributed by atoms with Gasteiger partial charge < -0.3 is 91.3 Å². The highest BCUT2D eigenvalue weighted by atomic mass is 32.2. The Kier molecular flexibility index (Phi) is 23.8. The van der Waals surface area contributed by atoms with Crippen molar-refractivity contribution in [1.29, 1.82) is 0 Å². The number of nitrogens with one attached hydrogen (secondary N) is 4. The van der Waals surface area contributed by atoms with Crippen molar-refractivity contribution in [3.05, 3.63) is 58.0 Å². The first-order valence-electron chi connectivity index (χ1n) is 30.5. The van der Waals surface area contributed by atoms with Crippen LogP contribution in [0.5, 0.6) is 11.5 Å². The summed E-state index contributed by atoms with van der Waals surface area (Å²) in [6, 6.07) is 5.72. The lowest BCUT2D eigenvalue weighted by Crippen LogP contribution is -2.64. The number of hydrogen-bond donors (Lipinski definition) is 13. The highest BCUT2D eigenvalue weighted by Crippen LogP contribution is 2.49. The standard InChI is InChI=1S/C58H85N11O20S/c1-5-67-17-10-12-32-20-38-42(22-40(32)67)86-43-23-41-35(21-39(43)63-38)33(30-90(82,83)84)24-58(3,4)69(41)19-11-15-46(73)60-16-8-6-13-36(54(59)80)64-47(74)25-61-55(81)37(62-31(2)72)14-7-9-18-68-26-34(65-66-68)29-85-57-53(51(78)49(76)45(28-71)88-57)89-56-52(79)50(77)48(75)44(27-70)87-56/h20-23,26,33,36-37,44-45,48-53,56-57,70-71,75-79H,5-19,24-25,27-30H2,1-4H3,(H6-,59,60,61,62,64,72,73,74,80,81,82,83,84)/p+1/t33?,36-,37-,44+,45+,48+,49+,50-,51-,52-,53-,56+,57-/m0/s1. The largest absolute Gasteiger partial charge is 0.452 e. The van der Waals surface area contributed by atoms with E-state index in [2.05, 4.69) is 54.0 Å². The average molecular weight is 1290 g/mol. The van der Waals surface area contributed by atoms with E-state index in [1.165, 1.54) is 23.4 Å². The number of rotatable bonds is 30. The lowest BCUT2D eigenvalue weighted by Gasteiger charge is -2.48. The van der Waals surface area contributed by atoms with E-state index >= 15 is 0 Å². The molecule has 3 aromatic rings. The van der Waals surface area contributed by atoms with Gasteiger partial charge in [0, 0.05) is 68.2 Å². The molecule has 0 radical (unpaired) electrons. The summed E-state index contributed by atoms with van der Waals surface area (Å²) in [6.07, 6.45) is -9.81. The number of fused-ring (bicyclic) bond motifs is 4. The number of amides is 5. The summed E-state index contributed by atoms with van der Waals surface area (Å²) in [5, 5.41) is 92.1. The molecule has 1 aromatic heterocycles. The Morgan fingerprint density at radius 3 is 2.26 bits per heavy atom. The van der Waals surface area contributed by atoms with Crippen molar-refractivity contribution in [3.63, 3.8) is 0 Å². The molecule has 6 heterocycles. The van der Waals surface area contributed by atoms with Crippen LogP contribution in [0.25, 0.3) is 0 Å². The van der Waals surface area contributed by atoms with Crippen LogP contribution < -0.4 is 51.9 Å². The lowest BCUT2D eigenvalue weighted by atomic mass is 9.79. The second-order valence-electron chi connectivity index (χ2n) is 24.1. The van der Waals surface area contributed by atoms with Gasteiger partial charge in [-0.1, -0.05) is 5.21 Å². The van der Waals surface area contributed by atoms with Gasteiger partial charge >= 0.3 is 0 Å². The zero-order chi connectivity index (χ0) is 65.2. The number of nitrogens with two attached hydrogens (primary N) is 1. The van der Waals surface area contributed by atoms with Crippen LogP contribution in [0.2, 0.25) is 0 Å². The molecular weight excluding hydrogens is 1200 g/mol. The van der Waals surface area contributed by atoms with Gasteiger partial charge in [0.05, 0.1) is 44.4 Å². The van der Waals surface area contributed by atoms with E-state index in [1.807, 2.05) is 32.0 Å². The molecule has 14 N–H and O–H groups in total. The third kappa shape index (κ3) is 17.6. The van der Waals surface area contributed by atoms with Crippen molar-refractivity contribution in [2.75, 3.05) is 56.6 Å². The van der Waals surface area contributed by atoms with E-state index in [9.17, 15) is 72.7 Å². The normalized spacial score (nSPS) is 25.8. The third-order valence-electron chi connectivity index (χ3n) is 16.8. The van der Waals surface area contributed by atoms with Gasteiger partial charge in [-0.05, 0) is 96.3 Å². The number of carbonyl (C=O) groups excluding carboxylic acids is 5. The lowest BCUT2D eigenvalue weighted by molar-refractivity contribution is -0.368. The fraction of sp³-hybridized carbons (Fsp3) is 0.672. The minimum absolute atomic E-state index is 0.145. The van der Waals surface area contributed by atoms with Crippen molar-refractivity contribution in [2.45, 2.75) is 196 Å². The quantitative estimate of drug-likeness (QED) is 0.0136. The maximum absolute atomic E-state index is 13.2. The Morgan fingerprint density at radius 1 is 0.844 bits per heavy atom. The molecule has 0 bridgehead atoms. The number of carbonyl (C=O) groups is 5. The second-order valence-corrected chi connectivity index (χ2v) is 25.6. The Labute approximate surface area is 519 Å². The van der Waals surface area contributed by atoms with Crippen molar-refractivity contribution >= 4 is 51.0 Å². The molecule has 5 aliphatic heterocycles. The van der Waals surface area contributed by atoms with Gasteiger partial charge in [-0.3, -0.25) is 33.2 Å². The van der Waals surface area contributed by atoms with E-state index in [0.29, 0.717) is 73.2 Å². The van der Waals surface area contributed by atoms with Crippen molar-refractivity contribution in [1.82, 2.24) is 40.8 Å². The van der Waals surface area contributed by atoms with Gasteiger partial charge in [0.15, 0.2) is 24.1 Å². The number of anilines is 1. The van der Waals surface area contributed by atoms with Crippen LogP contribution in [0.1, 0.15) is 115 Å². The fourth-order valence-electron chi connectivity index (χ4n) is 12.2. The van der Waals surface area contributed by atoms with Gasteiger partial charge in [0.2, 0.25) is 34.9 Å². The van der Waals surface area contributed by atoms with E-state index in [4.69, 9.17) is 34.4 Å². The van der Waals surface area contributed by atoms with E-state index < -0.39 is 144 Å². The molecule has 0 aliphatic carbocycles. The number of unbranched alkanes of at least 4 members (excludes halogenated alkanes) is 2. The summed E-state index contributed by atoms with van der Waals surface area (Å²) in [5.41, 5.74) is 8.52. The molecule has 5 aliphatic rings. The first kappa shape index (κ1) is 69.5. The predicted molar refractivity (Wildman–Crippen MR) is 316 cm³/mol. The zero-order valence-electron chi connectivity index (χ0n) is 50.9. The molecule has 498 valence electrons. The highest BCUT2D eigenvalue weighted by molar-refractivity contribution is 7.85. The smallest absolute Gasteiger partial charge is 0.265 e. The number of hydrogen-bond acceptors (Lipinski definition) is 23. The molecule has 2 fully saturated rings. The highest BCUT2D eigenvalue weighted by Gasteiger charge is 2.51. The number of nitrogens with zero attached hydrogens (tertiary/aromatic N) is 6. The molecule has 1 unspecified atom stereocenters. The molecule has 2 aromatic carbocycles. The molecule has 90 heavy (non-hydrogen) atoms. The molecule has 0 saturated carbocycles. The number of ether oxygens (including phenoxy) is 5. The summed E-state index contributed by atoms with van der Waals surface area (Å²) in [5.74, 6) is -2.71. The van der Waals surface area contributed by atoms with Gasteiger partial charge in [-0.25, -0.2) is 9.57 Å². The molecule has 13 atom stereocenters. The monoisotopic (exact) mass is 1290 g/mol. The average Bonchev–Trinajstić information content (AvgIpc) is 0.781. The number of aryl methyl sites for hydroxylation is 2. The van der Waals surface area contributed by atoms with E-state index in [0.717, 1.165) is 37.0 Å². The molecular formula is C58H86N11O20S+. The molecule has 0 spiro atoms. The minimum atomic E-state index is -4.34. The van der Waals surface area contributed by atoms with Gasteiger partial charge in [-0.2, -0.15) is 8.42 Å². The molecule has 31 nitrogen and oxygen atoms in total. The molecule has 32 heteroatoms. The summed E-state index contributed by atoms with van der Waals surface area (Å²) in [6.45, 7) is 7.85. The van der Waals surface area contributed by atoms with Crippen LogP contribution in [-0.2, 0) is 72.6 Å². The number of aliphatic hydroxyl groups is 7. The SMILES string of the molecule is CC[N+]1=c2cc3c(cc2CCC1)=Nc1cc2c(cc1O3)N(CCCC(=O)NCCCC[C@H](NC(=O)CNC(=O)[C@H](CCCCn1cc(CO[C@H]3O[C@H](CO)[C@@H](O)[C@H](O)[C@@H]3O[C@H]3O[C@H](CO)[C@@H](O)[C@H](O)[C@@H]3O)nn1)NC(C)=O)C(N)=O)C(C)(C)CC2CS(=O)(=O)O. The first-order valence-corrected chi connectivity index (χ1v) is 32.1. The summed E-state index contributed by atoms with van der Waals surface area (Å²) >= 11 is 0. The number of aromatic nitrogens is 3. The fourth-order valence-corrected chi connectivity index (χ4v) is 13.0. The van der Waals surface area contributed by atoms with Gasteiger partial charge in [-0.15, -0.1) is 5.10 Å². The van der Waals surface area contributed by atoms with Crippen LogP contribution in [0, 0.1) is 0 Å². The van der Waals surface area contributed by atoms with Crippen LogP contribution in [0.3, 0.4) is 0 Å². The van der Waals surface area contributed by atoms with E-state index in [-0.39, 0.29) is 50.6 Å². The maximum atomic E-state index is 13.2. The molecule has 2 saturated heterocycles. The van der Waals surface area contributed by atoms with Crippen LogP contribution >= 0.6 is 0 Å². The zero-order valence-corrected chi connectivity index (χ0v) is 51.7. The van der Waals surface area contributed by atoms with Gasteiger partial charge in [0.1, 0.15) is 90.7 Å². The Bertz CT molecular complexity index is 3280. The van der Waals surface area contributed by atoms with Gasteiger partial charge in [0.25, 0.3) is 10.1 Å². The number of primary amides is 1. The van der Waals surface area contributed by atoms with Crippen LogP contribution in [0.15, 0.2) is 35.5 Å². The first-order chi connectivity index (χ1) is 42.8. The molecule has 5 amide bonds. The Hall–Kier alpha value is -6.40. The minimum Gasteiger partial charge on any atom is -0.452 e. The molecule has 8 rings (SSSR count). The Balaban J connectivity index is 0.748. The third-order valence-corrected chi connectivity index (χ3v) is 17.7. The van der Waals surface area contributed by atoms with Crippen LogP contribution in [-0.4, -0.2) is 224 Å². The van der Waals surface area contributed by atoms with E-state index in [1.54, 1.807) is 0 Å². The summed E-state index contributed by atoms with van der Waals surface area (Å²) in [7, 11) is -4.34. The van der Waals surface area contributed by atoms with Crippen LogP contribution in [0.4, 0.5) is 11.4 Å². The topological polar surface area (TPSA) is 451 Å². The predicted octanol–water partition coefficient (Wildman–Crippen LogP) is -3.58. The Morgan fingerprint density at radius 2 is 1.56 bits per heavy atom. The van der Waals surface area contributed by atoms with Crippen molar-refractivity contribution < 1.29 is 96.4 Å². The van der Waals surface area contributed by atoms with Crippen molar-refractivity contribution in [2.24, 2.45) is 10.7 Å². The number of benzene rings is 2. The second kappa shape index (κ2) is 30.8. The summed E-state index contributed by atoms with van der Waals surface area (Å²) < 4.78 is 67.5. The number of aliphatic hydroxyl groups excluding tert-OH is 7.